The number of guanidine groups is 1. The zero-order valence-corrected chi connectivity index (χ0v) is 14.5. The van der Waals surface area contributed by atoms with Crippen molar-refractivity contribution in [1.29, 1.82) is 0 Å². The maximum Gasteiger partial charge on any atom is 0.190 e. The Morgan fingerprint density at radius 3 is 2.43 bits per heavy atom. The van der Waals surface area contributed by atoms with Crippen LogP contribution in [0.5, 0.6) is 0 Å². The highest BCUT2D eigenvalue weighted by Gasteiger charge is 2.01. The third-order valence-electron chi connectivity index (χ3n) is 3.36. The van der Waals surface area contributed by atoms with E-state index in [2.05, 4.69) is 20.6 Å². The molecule has 0 spiro atoms. The quantitative estimate of drug-likeness (QED) is 0.477. The fraction of sp³-hybridized carbons (Fsp3) is 0.294. The molecule has 0 unspecified atom stereocenters. The number of hydrogen-bond acceptors (Lipinski definition) is 2. The SMILES string of the molecule is CN=C(NCCc1ccc(Cl)nc1)NCCc1ccccc1Cl. The Balaban J connectivity index is 1.71. The van der Waals surface area contributed by atoms with Gasteiger partial charge in [-0.2, -0.15) is 0 Å². The molecule has 0 aliphatic heterocycles. The summed E-state index contributed by atoms with van der Waals surface area (Å²) in [7, 11) is 1.76. The molecular weight excluding hydrogens is 331 g/mol. The van der Waals surface area contributed by atoms with Gasteiger partial charge < -0.3 is 10.6 Å². The summed E-state index contributed by atoms with van der Waals surface area (Å²) < 4.78 is 0. The van der Waals surface area contributed by atoms with Crippen LogP contribution in [0.25, 0.3) is 0 Å². The average Bonchev–Trinajstić information content (AvgIpc) is 2.57. The van der Waals surface area contributed by atoms with Crippen LogP contribution in [-0.2, 0) is 12.8 Å². The molecule has 0 fully saturated rings. The fourth-order valence-corrected chi connectivity index (χ4v) is 2.46. The van der Waals surface area contributed by atoms with Crippen LogP contribution in [0.4, 0.5) is 0 Å². The molecule has 0 bridgehead atoms. The smallest absolute Gasteiger partial charge is 0.190 e. The number of benzene rings is 1. The van der Waals surface area contributed by atoms with Crippen LogP contribution < -0.4 is 10.6 Å². The van der Waals surface area contributed by atoms with Crippen molar-refractivity contribution < 1.29 is 0 Å². The summed E-state index contributed by atoms with van der Waals surface area (Å²) in [5, 5.41) is 7.87. The Bertz CT molecular complexity index is 641. The molecule has 0 radical (unpaired) electrons. The van der Waals surface area contributed by atoms with Crippen LogP contribution in [0.3, 0.4) is 0 Å². The second-order valence-electron chi connectivity index (χ2n) is 5.01. The van der Waals surface area contributed by atoms with Gasteiger partial charge in [0.15, 0.2) is 5.96 Å². The largest absolute Gasteiger partial charge is 0.356 e. The van der Waals surface area contributed by atoms with Gasteiger partial charge in [0.1, 0.15) is 5.15 Å². The van der Waals surface area contributed by atoms with Crippen molar-refractivity contribution in [1.82, 2.24) is 15.6 Å². The van der Waals surface area contributed by atoms with Crippen molar-refractivity contribution in [3.05, 3.63) is 63.9 Å². The van der Waals surface area contributed by atoms with E-state index in [-0.39, 0.29) is 0 Å². The molecule has 1 heterocycles. The molecular formula is C17H20Cl2N4. The molecule has 2 rings (SSSR count). The van der Waals surface area contributed by atoms with Gasteiger partial charge in [-0.15, -0.1) is 0 Å². The highest BCUT2D eigenvalue weighted by atomic mass is 35.5. The number of aliphatic imine (C=N–C) groups is 1. The van der Waals surface area contributed by atoms with E-state index in [9.17, 15) is 0 Å². The summed E-state index contributed by atoms with van der Waals surface area (Å²) in [5.74, 6) is 0.777. The van der Waals surface area contributed by atoms with Crippen LogP contribution in [0.1, 0.15) is 11.1 Å². The van der Waals surface area contributed by atoms with Crippen LogP contribution in [-0.4, -0.2) is 31.1 Å². The van der Waals surface area contributed by atoms with Gasteiger partial charge in [0.25, 0.3) is 0 Å². The van der Waals surface area contributed by atoms with Crippen molar-refractivity contribution in [3.8, 4) is 0 Å². The first kappa shape index (κ1) is 17.6. The molecule has 2 aromatic rings. The minimum Gasteiger partial charge on any atom is -0.356 e. The molecule has 1 aromatic heterocycles. The minimum absolute atomic E-state index is 0.513. The number of halogens is 2. The molecule has 1 aromatic carbocycles. The second kappa shape index (κ2) is 9.38. The van der Waals surface area contributed by atoms with Crippen molar-refractivity contribution in [2.24, 2.45) is 4.99 Å². The van der Waals surface area contributed by atoms with Gasteiger partial charge in [-0.3, -0.25) is 4.99 Å². The lowest BCUT2D eigenvalue weighted by Gasteiger charge is -2.12. The van der Waals surface area contributed by atoms with E-state index in [0.717, 1.165) is 48.0 Å². The third kappa shape index (κ3) is 6.08. The lowest BCUT2D eigenvalue weighted by molar-refractivity contribution is 0.783. The number of hydrogen-bond donors (Lipinski definition) is 2. The van der Waals surface area contributed by atoms with Gasteiger partial charge in [-0.05, 0) is 36.1 Å². The molecule has 0 aliphatic carbocycles. The first-order valence-electron chi connectivity index (χ1n) is 7.47. The maximum atomic E-state index is 6.15. The highest BCUT2D eigenvalue weighted by Crippen LogP contribution is 2.14. The molecule has 0 saturated carbocycles. The van der Waals surface area contributed by atoms with Crippen LogP contribution >= 0.6 is 23.2 Å². The van der Waals surface area contributed by atoms with Crippen molar-refractivity contribution >= 4 is 29.2 Å². The number of nitrogens with zero attached hydrogens (tertiary/aromatic N) is 2. The second-order valence-corrected chi connectivity index (χ2v) is 5.80. The fourth-order valence-electron chi connectivity index (χ4n) is 2.12. The molecule has 0 saturated heterocycles. The zero-order valence-electron chi connectivity index (χ0n) is 13.0. The first-order chi connectivity index (χ1) is 11.2. The van der Waals surface area contributed by atoms with Crippen molar-refractivity contribution in [2.45, 2.75) is 12.8 Å². The summed E-state index contributed by atoms with van der Waals surface area (Å²) in [5.41, 5.74) is 2.26. The van der Waals surface area contributed by atoms with Gasteiger partial charge in [0.2, 0.25) is 0 Å². The van der Waals surface area contributed by atoms with E-state index < -0.39 is 0 Å². The molecule has 4 nitrogen and oxygen atoms in total. The van der Waals surface area contributed by atoms with E-state index in [0.29, 0.717) is 5.15 Å². The van der Waals surface area contributed by atoms with Crippen molar-refractivity contribution in [2.75, 3.05) is 20.1 Å². The summed E-state index contributed by atoms with van der Waals surface area (Å²) in [6.07, 6.45) is 3.49. The molecule has 6 heteroatoms. The van der Waals surface area contributed by atoms with Crippen LogP contribution in [0.15, 0.2) is 47.6 Å². The van der Waals surface area contributed by atoms with Gasteiger partial charge in [0.05, 0.1) is 0 Å². The summed E-state index contributed by atoms with van der Waals surface area (Å²) >= 11 is 11.9. The topological polar surface area (TPSA) is 49.3 Å². The summed E-state index contributed by atoms with van der Waals surface area (Å²) in [4.78, 5) is 8.28. The van der Waals surface area contributed by atoms with Gasteiger partial charge in [0, 0.05) is 31.4 Å². The Morgan fingerprint density at radius 1 is 1.04 bits per heavy atom. The van der Waals surface area contributed by atoms with E-state index >= 15 is 0 Å². The number of nitrogens with one attached hydrogen (secondary N) is 2. The minimum atomic E-state index is 0.513. The number of aromatic nitrogens is 1. The predicted octanol–water partition coefficient (Wildman–Crippen LogP) is 3.34. The van der Waals surface area contributed by atoms with Gasteiger partial charge >= 0.3 is 0 Å². The Morgan fingerprint density at radius 2 is 1.78 bits per heavy atom. The summed E-state index contributed by atoms with van der Waals surface area (Å²) in [6, 6.07) is 11.6. The van der Waals surface area contributed by atoms with Crippen LogP contribution in [0.2, 0.25) is 10.2 Å². The Kier molecular flexibility index (Phi) is 7.17. The highest BCUT2D eigenvalue weighted by molar-refractivity contribution is 6.31. The van der Waals surface area contributed by atoms with E-state index in [1.807, 2.05) is 30.3 Å². The molecule has 2 N–H and O–H groups in total. The molecule has 0 atom stereocenters. The Hall–Kier alpha value is -1.78. The lowest BCUT2D eigenvalue weighted by Crippen LogP contribution is -2.39. The standard InChI is InChI=1S/C17H20Cl2N4/c1-20-17(21-10-8-13-6-7-16(19)23-12-13)22-11-9-14-4-2-3-5-15(14)18/h2-7,12H,8-11H2,1H3,(H2,20,21,22). The Labute approximate surface area is 146 Å². The van der Waals surface area contributed by atoms with E-state index in [1.54, 1.807) is 19.3 Å². The lowest BCUT2D eigenvalue weighted by atomic mass is 10.1. The normalized spacial score (nSPS) is 11.3. The maximum absolute atomic E-state index is 6.15. The zero-order chi connectivity index (χ0) is 16.5. The van der Waals surface area contributed by atoms with Gasteiger partial charge in [-0.25, -0.2) is 4.98 Å². The van der Waals surface area contributed by atoms with Crippen LogP contribution in [0, 0.1) is 0 Å². The first-order valence-corrected chi connectivity index (χ1v) is 8.23. The predicted molar refractivity (Wildman–Crippen MR) is 97.5 cm³/mol. The average molecular weight is 351 g/mol. The summed E-state index contributed by atoms with van der Waals surface area (Å²) in [6.45, 7) is 1.54. The monoisotopic (exact) mass is 350 g/mol. The van der Waals surface area contributed by atoms with Crippen molar-refractivity contribution in [3.63, 3.8) is 0 Å². The number of pyridine rings is 1. The molecule has 0 amide bonds. The molecule has 0 aliphatic rings. The van der Waals surface area contributed by atoms with E-state index in [1.165, 1.54) is 0 Å². The van der Waals surface area contributed by atoms with E-state index in [4.69, 9.17) is 23.2 Å². The number of rotatable bonds is 6. The third-order valence-corrected chi connectivity index (χ3v) is 3.96. The molecule has 122 valence electrons. The molecule has 23 heavy (non-hydrogen) atoms. The van der Waals surface area contributed by atoms with Gasteiger partial charge in [-0.1, -0.05) is 47.5 Å².